The molecule has 1 amide bonds. The summed E-state index contributed by atoms with van der Waals surface area (Å²) in [6.07, 6.45) is 1.74. The number of carbonyl (C=O) groups excluding carboxylic acids is 1. The summed E-state index contributed by atoms with van der Waals surface area (Å²) < 4.78 is 5.80. The summed E-state index contributed by atoms with van der Waals surface area (Å²) in [5.41, 5.74) is 2.14. The van der Waals surface area contributed by atoms with Gasteiger partial charge in [-0.3, -0.25) is 4.79 Å². The molecule has 0 aromatic heterocycles. The number of amides is 1. The van der Waals surface area contributed by atoms with E-state index in [1.165, 1.54) is 0 Å². The van der Waals surface area contributed by atoms with Crippen molar-refractivity contribution in [2.45, 2.75) is 25.9 Å². The van der Waals surface area contributed by atoms with Crippen LogP contribution in [0.3, 0.4) is 0 Å². The van der Waals surface area contributed by atoms with Crippen LogP contribution < -0.4 is 0 Å². The quantitative estimate of drug-likeness (QED) is 0.777. The van der Waals surface area contributed by atoms with Crippen LogP contribution in [-0.4, -0.2) is 41.6 Å². The molecule has 1 N–H and O–H groups in total. The topological polar surface area (TPSA) is 66.8 Å². The molecule has 0 aliphatic carbocycles. The molecular formula is C22H25NO4. The van der Waals surface area contributed by atoms with Gasteiger partial charge in [0.1, 0.15) is 0 Å². The first-order chi connectivity index (χ1) is 13.1. The van der Waals surface area contributed by atoms with Crippen LogP contribution in [0.5, 0.6) is 0 Å². The molecule has 0 spiro atoms. The Kier molecular flexibility index (Phi) is 6.60. The molecule has 0 radical (unpaired) electrons. The number of likely N-dealkylation sites (tertiary alicyclic amines) is 1. The molecule has 1 atom stereocenters. The van der Waals surface area contributed by atoms with Gasteiger partial charge >= 0.3 is 5.97 Å². The van der Waals surface area contributed by atoms with E-state index in [0.717, 1.165) is 18.5 Å². The fourth-order valence-electron chi connectivity index (χ4n) is 3.46. The highest BCUT2D eigenvalue weighted by Gasteiger charge is 2.26. The Morgan fingerprint density at radius 2 is 1.81 bits per heavy atom. The van der Waals surface area contributed by atoms with E-state index in [0.29, 0.717) is 44.1 Å². The van der Waals surface area contributed by atoms with Gasteiger partial charge < -0.3 is 14.7 Å². The highest BCUT2D eigenvalue weighted by atomic mass is 16.5. The monoisotopic (exact) mass is 367 g/mol. The zero-order chi connectivity index (χ0) is 19.1. The molecule has 1 aliphatic rings. The molecule has 0 saturated carbocycles. The van der Waals surface area contributed by atoms with Crippen LogP contribution in [0.4, 0.5) is 0 Å². The number of nitrogens with zero attached hydrogens (tertiary/aromatic N) is 1. The first-order valence-electron chi connectivity index (χ1n) is 9.34. The average molecular weight is 367 g/mol. The number of carboxylic acid groups (broad SMARTS) is 1. The number of carbonyl (C=O) groups is 2. The van der Waals surface area contributed by atoms with Crippen LogP contribution in [0.1, 0.15) is 34.3 Å². The van der Waals surface area contributed by atoms with Gasteiger partial charge in [-0.05, 0) is 30.0 Å². The average Bonchev–Trinajstić information content (AvgIpc) is 3.16. The van der Waals surface area contributed by atoms with Crippen LogP contribution in [0.2, 0.25) is 0 Å². The number of aryl methyl sites for hydroxylation is 1. The number of rotatable bonds is 8. The fourth-order valence-corrected chi connectivity index (χ4v) is 3.46. The molecule has 3 rings (SSSR count). The van der Waals surface area contributed by atoms with E-state index in [-0.39, 0.29) is 11.5 Å². The van der Waals surface area contributed by atoms with E-state index < -0.39 is 5.97 Å². The first kappa shape index (κ1) is 19.1. The van der Waals surface area contributed by atoms with E-state index in [4.69, 9.17) is 4.74 Å². The van der Waals surface area contributed by atoms with E-state index in [2.05, 4.69) is 0 Å². The zero-order valence-corrected chi connectivity index (χ0v) is 15.3. The Morgan fingerprint density at radius 1 is 1.07 bits per heavy atom. The van der Waals surface area contributed by atoms with Gasteiger partial charge in [-0.2, -0.15) is 0 Å². The molecule has 27 heavy (non-hydrogen) atoms. The van der Waals surface area contributed by atoms with Gasteiger partial charge in [-0.25, -0.2) is 4.79 Å². The minimum Gasteiger partial charge on any atom is -0.478 e. The van der Waals surface area contributed by atoms with Gasteiger partial charge in [0, 0.05) is 25.4 Å². The summed E-state index contributed by atoms with van der Waals surface area (Å²) in [6.45, 7) is 2.71. The summed E-state index contributed by atoms with van der Waals surface area (Å²) in [5.74, 6) is -0.500. The van der Waals surface area contributed by atoms with E-state index in [1.54, 1.807) is 18.2 Å². The first-order valence-corrected chi connectivity index (χ1v) is 9.34. The van der Waals surface area contributed by atoms with Crippen molar-refractivity contribution >= 4 is 11.9 Å². The van der Waals surface area contributed by atoms with Gasteiger partial charge in [-0.15, -0.1) is 0 Å². The summed E-state index contributed by atoms with van der Waals surface area (Å²) in [6, 6.07) is 16.9. The second kappa shape index (κ2) is 9.33. The third-order valence-electron chi connectivity index (χ3n) is 4.96. The Balaban J connectivity index is 1.42. The van der Waals surface area contributed by atoms with Crippen molar-refractivity contribution < 1.29 is 19.4 Å². The lowest BCUT2D eigenvalue weighted by Crippen LogP contribution is -2.29. The summed E-state index contributed by atoms with van der Waals surface area (Å²) >= 11 is 0. The Hall–Kier alpha value is -2.66. The van der Waals surface area contributed by atoms with Gasteiger partial charge in [0.25, 0.3) is 0 Å². The van der Waals surface area contributed by atoms with Crippen LogP contribution in [0.25, 0.3) is 0 Å². The molecule has 5 heteroatoms. The molecule has 1 aliphatic heterocycles. The van der Waals surface area contributed by atoms with Gasteiger partial charge in [0.2, 0.25) is 5.91 Å². The van der Waals surface area contributed by atoms with E-state index in [9.17, 15) is 14.7 Å². The third kappa shape index (κ3) is 5.41. The minimum atomic E-state index is -0.949. The van der Waals surface area contributed by atoms with Crippen LogP contribution in [0.15, 0.2) is 54.6 Å². The lowest BCUT2D eigenvalue weighted by Gasteiger charge is -2.17. The van der Waals surface area contributed by atoms with Crippen molar-refractivity contribution in [1.29, 1.82) is 0 Å². The maximum Gasteiger partial charge on any atom is 0.335 e. The minimum absolute atomic E-state index is 0.0840. The largest absolute Gasteiger partial charge is 0.478 e. The Labute approximate surface area is 159 Å². The summed E-state index contributed by atoms with van der Waals surface area (Å²) in [5, 5.41) is 9.23. The maximum atomic E-state index is 12.5. The molecule has 2 aromatic carbocycles. The van der Waals surface area contributed by atoms with Crippen molar-refractivity contribution in [2.24, 2.45) is 5.92 Å². The second-order valence-corrected chi connectivity index (χ2v) is 6.96. The van der Waals surface area contributed by atoms with Crippen LogP contribution in [-0.2, 0) is 22.6 Å². The van der Waals surface area contributed by atoms with Crippen molar-refractivity contribution in [2.75, 3.05) is 19.7 Å². The van der Waals surface area contributed by atoms with Crippen molar-refractivity contribution in [3.63, 3.8) is 0 Å². The molecule has 1 fully saturated rings. The van der Waals surface area contributed by atoms with E-state index >= 15 is 0 Å². The standard InChI is InChI=1S/C22H25NO4/c24-21(11-10-19-8-4-5-9-20(19)22(25)26)23-13-12-18(14-23)16-27-15-17-6-2-1-3-7-17/h1-9,18H,10-16H2,(H,25,26). The molecule has 1 saturated heterocycles. The van der Waals surface area contributed by atoms with Crippen molar-refractivity contribution in [3.05, 3.63) is 71.3 Å². The van der Waals surface area contributed by atoms with Crippen LogP contribution in [0, 0.1) is 5.92 Å². The zero-order valence-electron chi connectivity index (χ0n) is 15.3. The fraction of sp³-hybridized carbons (Fsp3) is 0.364. The normalized spacial score (nSPS) is 16.4. The number of aromatic carboxylic acids is 1. The van der Waals surface area contributed by atoms with Crippen molar-refractivity contribution in [1.82, 2.24) is 4.90 Å². The van der Waals surface area contributed by atoms with Crippen LogP contribution >= 0.6 is 0 Å². The molecule has 0 bridgehead atoms. The second-order valence-electron chi connectivity index (χ2n) is 6.96. The Morgan fingerprint density at radius 3 is 2.59 bits per heavy atom. The van der Waals surface area contributed by atoms with Gasteiger partial charge in [0.15, 0.2) is 0 Å². The molecule has 1 unspecified atom stereocenters. The third-order valence-corrected chi connectivity index (χ3v) is 4.96. The van der Waals surface area contributed by atoms with Gasteiger partial charge in [0.05, 0.1) is 18.8 Å². The molecular weight excluding hydrogens is 342 g/mol. The number of carboxylic acids is 1. The highest BCUT2D eigenvalue weighted by Crippen LogP contribution is 2.19. The Bertz CT molecular complexity index is 775. The summed E-state index contributed by atoms with van der Waals surface area (Å²) in [7, 11) is 0. The molecule has 142 valence electrons. The maximum absolute atomic E-state index is 12.5. The van der Waals surface area contributed by atoms with Gasteiger partial charge in [-0.1, -0.05) is 48.5 Å². The number of hydrogen-bond acceptors (Lipinski definition) is 3. The molecule has 2 aromatic rings. The van der Waals surface area contributed by atoms with Crippen molar-refractivity contribution in [3.8, 4) is 0 Å². The smallest absolute Gasteiger partial charge is 0.335 e. The summed E-state index contributed by atoms with van der Waals surface area (Å²) in [4.78, 5) is 25.6. The predicted octanol–water partition coefficient (Wildman–Crippen LogP) is 3.38. The highest BCUT2D eigenvalue weighted by molar-refractivity contribution is 5.89. The lowest BCUT2D eigenvalue weighted by molar-refractivity contribution is -0.130. The number of hydrogen-bond donors (Lipinski definition) is 1. The predicted molar refractivity (Wildman–Crippen MR) is 103 cm³/mol. The van der Waals surface area contributed by atoms with E-state index in [1.807, 2.05) is 41.3 Å². The number of ether oxygens (including phenoxy) is 1. The lowest BCUT2D eigenvalue weighted by atomic mass is 10.0. The SMILES string of the molecule is O=C(O)c1ccccc1CCC(=O)N1CCC(COCc2ccccc2)C1. The number of benzene rings is 2. The molecule has 5 nitrogen and oxygen atoms in total. The molecule has 1 heterocycles.